The molecule has 0 spiro atoms. The molecule has 17 heavy (non-hydrogen) atoms. The quantitative estimate of drug-likeness (QED) is 0.844. The lowest BCUT2D eigenvalue weighted by Crippen LogP contribution is -2.13. The first kappa shape index (κ1) is 12.6. The highest BCUT2D eigenvalue weighted by Crippen LogP contribution is 2.41. The molecule has 0 amide bonds. The summed E-state index contributed by atoms with van der Waals surface area (Å²) in [7, 11) is 0. The van der Waals surface area contributed by atoms with Crippen LogP contribution in [0.3, 0.4) is 0 Å². The van der Waals surface area contributed by atoms with Gasteiger partial charge >= 0.3 is 0 Å². The van der Waals surface area contributed by atoms with Crippen LogP contribution >= 0.6 is 24.0 Å². The second-order valence-corrected chi connectivity index (χ2v) is 4.78. The zero-order valence-electron chi connectivity index (χ0n) is 9.27. The molecule has 1 heterocycles. The van der Waals surface area contributed by atoms with Crippen molar-refractivity contribution in [3.8, 4) is 0 Å². The zero-order valence-corrected chi connectivity index (χ0v) is 10.8. The predicted octanol–water partition coefficient (Wildman–Crippen LogP) is 3.72. The van der Waals surface area contributed by atoms with Crippen molar-refractivity contribution >= 4 is 34.9 Å². The van der Waals surface area contributed by atoms with E-state index in [1.807, 2.05) is 24.3 Å². The van der Waals surface area contributed by atoms with Gasteiger partial charge in [0.05, 0.1) is 5.52 Å². The van der Waals surface area contributed by atoms with Crippen LogP contribution in [0.15, 0.2) is 30.3 Å². The number of rotatable bonds is 2. The van der Waals surface area contributed by atoms with Crippen LogP contribution in [0.4, 0.5) is 0 Å². The molecule has 0 saturated heterocycles. The topological polar surface area (TPSA) is 38.9 Å². The van der Waals surface area contributed by atoms with Crippen LogP contribution in [0.5, 0.6) is 0 Å². The van der Waals surface area contributed by atoms with Gasteiger partial charge in [-0.15, -0.1) is 12.4 Å². The lowest BCUT2D eigenvalue weighted by Gasteiger charge is -2.12. The van der Waals surface area contributed by atoms with Crippen LogP contribution in [0.25, 0.3) is 10.9 Å². The second kappa shape index (κ2) is 4.81. The molecular weight excluding hydrogens is 255 g/mol. The van der Waals surface area contributed by atoms with Gasteiger partial charge in [0.1, 0.15) is 5.15 Å². The Morgan fingerprint density at radius 3 is 2.71 bits per heavy atom. The third-order valence-corrected chi connectivity index (χ3v) is 3.50. The van der Waals surface area contributed by atoms with Crippen LogP contribution in [0, 0.1) is 5.92 Å². The summed E-state index contributed by atoms with van der Waals surface area (Å²) in [6.45, 7) is 0. The van der Waals surface area contributed by atoms with Gasteiger partial charge in [0.15, 0.2) is 0 Å². The molecule has 3 rings (SSSR count). The van der Waals surface area contributed by atoms with Gasteiger partial charge in [0.2, 0.25) is 0 Å². The molecule has 1 atom stereocenters. The van der Waals surface area contributed by atoms with Crippen molar-refractivity contribution in [2.75, 3.05) is 0 Å². The van der Waals surface area contributed by atoms with Gasteiger partial charge in [0.25, 0.3) is 0 Å². The minimum Gasteiger partial charge on any atom is -0.324 e. The summed E-state index contributed by atoms with van der Waals surface area (Å²) >= 11 is 6.18. The van der Waals surface area contributed by atoms with Gasteiger partial charge in [0, 0.05) is 17.0 Å². The van der Waals surface area contributed by atoms with Crippen molar-refractivity contribution in [1.29, 1.82) is 0 Å². The second-order valence-electron chi connectivity index (χ2n) is 4.42. The number of halogens is 2. The zero-order chi connectivity index (χ0) is 11.1. The van der Waals surface area contributed by atoms with E-state index in [4.69, 9.17) is 17.3 Å². The molecule has 1 aliphatic carbocycles. The number of benzene rings is 1. The molecule has 0 bridgehead atoms. The molecule has 1 fully saturated rings. The summed E-state index contributed by atoms with van der Waals surface area (Å²) in [6, 6.07) is 10.1. The Kier molecular flexibility index (Phi) is 3.57. The highest BCUT2D eigenvalue weighted by molar-refractivity contribution is 6.30. The summed E-state index contributed by atoms with van der Waals surface area (Å²) < 4.78 is 0. The lowest BCUT2D eigenvalue weighted by atomic mass is 10.0. The Hall–Kier alpha value is -0.830. The van der Waals surface area contributed by atoms with Crippen LogP contribution in [-0.2, 0) is 0 Å². The van der Waals surface area contributed by atoms with Crippen LogP contribution in [-0.4, -0.2) is 4.98 Å². The van der Waals surface area contributed by atoms with Crippen molar-refractivity contribution in [2.45, 2.75) is 18.9 Å². The maximum atomic E-state index is 6.18. The van der Waals surface area contributed by atoms with Crippen molar-refractivity contribution in [2.24, 2.45) is 11.7 Å². The van der Waals surface area contributed by atoms with Crippen molar-refractivity contribution in [3.63, 3.8) is 0 Å². The average molecular weight is 269 g/mol. The van der Waals surface area contributed by atoms with E-state index in [1.54, 1.807) is 0 Å². The third kappa shape index (κ3) is 2.39. The number of nitrogens with two attached hydrogens (primary N) is 1. The number of nitrogens with zero attached hydrogens (tertiary/aromatic N) is 1. The molecule has 0 aliphatic heterocycles. The molecule has 90 valence electrons. The highest BCUT2D eigenvalue weighted by Gasteiger charge is 2.31. The normalized spacial score (nSPS) is 16.6. The van der Waals surface area contributed by atoms with E-state index in [9.17, 15) is 0 Å². The number of hydrogen-bond donors (Lipinski definition) is 1. The standard InChI is InChI=1S/C13H13ClN2.ClH/c14-13-10(12(15)8-5-6-8)7-9-3-1-2-4-11(9)16-13;/h1-4,7-8,12H,5-6,15H2;1H/t12-;/m0./s1. The van der Waals surface area contributed by atoms with Gasteiger partial charge < -0.3 is 5.73 Å². The monoisotopic (exact) mass is 268 g/mol. The fourth-order valence-corrected chi connectivity index (χ4v) is 2.32. The van der Waals surface area contributed by atoms with E-state index < -0.39 is 0 Å². The summed E-state index contributed by atoms with van der Waals surface area (Å²) in [4.78, 5) is 4.39. The van der Waals surface area contributed by atoms with Crippen molar-refractivity contribution in [1.82, 2.24) is 4.98 Å². The Morgan fingerprint density at radius 2 is 2.00 bits per heavy atom. The number of fused-ring (bicyclic) bond motifs is 1. The molecule has 1 aromatic carbocycles. The van der Waals surface area contributed by atoms with Gasteiger partial charge in [-0.25, -0.2) is 4.98 Å². The predicted molar refractivity (Wildman–Crippen MR) is 73.7 cm³/mol. The SMILES string of the molecule is Cl.N[C@H](c1cc2ccccc2nc1Cl)C1CC1. The first-order valence-electron chi connectivity index (χ1n) is 5.56. The maximum absolute atomic E-state index is 6.18. The summed E-state index contributed by atoms with van der Waals surface area (Å²) in [5, 5.41) is 1.66. The molecule has 1 aromatic heterocycles. The van der Waals surface area contributed by atoms with E-state index in [0.717, 1.165) is 16.5 Å². The summed E-state index contributed by atoms with van der Waals surface area (Å²) in [5.74, 6) is 0.598. The van der Waals surface area contributed by atoms with E-state index in [2.05, 4.69) is 11.1 Å². The maximum Gasteiger partial charge on any atom is 0.134 e. The fraction of sp³-hybridized carbons (Fsp3) is 0.308. The van der Waals surface area contributed by atoms with Crippen LogP contribution < -0.4 is 5.73 Å². The third-order valence-electron chi connectivity index (χ3n) is 3.19. The fourth-order valence-electron chi connectivity index (χ4n) is 2.05. The largest absolute Gasteiger partial charge is 0.324 e. The molecule has 2 aromatic rings. The van der Waals surface area contributed by atoms with E-state index in [0.29, 0.717) is 11.1 Å². The van der Waals surface area contributed by atoms with E-state index in [1.165, 1.54) is 12.8 Å². The number of pyridine rings is 1. The van der Waals surface area contributed by atoms with Gasteiger partial charge in [-0.2, -0.15) is 0 Å². The Balaban J connectivity index is 0.00000108. The number of para-hydroxylation sites is 1. The molecular formula is C13H14Cl2N2. The lowest BCUT2D eigenvalue weighted by molar-refractivity contribution is 0.632. The Morgan fingerprint density at radius 1 is 1.29 bits per heavy atom. The number of aromatic nitrogens is 1. The summed E-state index contributed by atoms with van der Waals surface area (Å²) in [6.07, 6.45) is 2.43. The molecule has 1 saturated carbocycles. The molecule has 1 aliphatic rings. The van der Waals surface area contributed by atoms with Gasteiger partial charge in [-0.3, -0.25) is 0 Å². The highest BCUT2D eigenvalue weighted by atomic mass is 35.5. The van der Waals surface area contributed by atoms with Crippen LogP contribution in [0.1, 0.15) is 24.4 Å². The molecule has 4 heteroatoms. The van der Waals surface area contributed by atoms with Gasteiger partial charge in [-0.05, 0) is 30.9 Å². The smallest absolute Gasteiger partial charge is 0.134 e. The number of hydrogen-bond acceptors (Lipinski definition) is 2. The molecule has 0 unspecified atom stereocenters. The van der Waals surface area contributed by atoms with E-state index >= 15 is 0 Å². The molecule has 2 nitrogen and oxygen atoms in total. The van der Waals surface area contributed by atoms with Crippen LogP contribution in [0.2, 0.25) is 5.15 Å². The molecule has 2 N–H and O–H groups in total. The van der Waals surface area contributed by atoms with Crippen molar-refractivity contribution < 1.29 is 0 Å². The average Bonchev–Trinajstić information content (AvgIpc) is 3.11. The van der Waals surface area contributed by atoms with E-state index in [-0.39, 0.29) is 18.4 Å². The first-order valence-corrected chi connectivity index (χ1v) is 5.94. The van der Waals surface area contributed by atoms with Crippen molar-refractivity contribution in [3.05, 3.63) is 41.0 Å². The first-order chi connectivity index (χ1) is 7.75. The Bertz CT molecular complexity index is 538. The Labute approximate surface area is 112 Å². The minimum absolute atomic E-state index is 0. The molecule has 0 radical (unpaired) electrons. The minimum atomic E-state index is 0. The van der Waals surface area contributed by atoms with Gasteiger partial charge in [-0.1, -0.05) is 29.8 Å². The summed E-state index contributed by atoms with van der Waals surface area (Å²) in [5.41, 5.74) is 8.09.